The summed E-state index contributed by atoms with van der Waals surface area (Å²) in [6, 6.07) is 6.57. The molecule has 3 nitrogen and oxygen atoms in total. The third-order valence-corrected chi connectivity index (χ3v) is 3.92. The van der Waals surface area contributed by atoms with E-state index in [1.54, 1.807) is 0 Å². The minimum absolute atomic E-state index is 0.300. The standard InChI is InChI=1S/C16H26N2O/c1-2-4-13(8-10-19)11-17-12-15-6-3-5-14-7-9-18-16(14)15/h3,5-6,13,17-19H,2,4,7-12H2,1H3. The van der Waals surface area contributed by atoms with Gasteiger partial charge in [-0.05, 0) is 42.9 Å². The zero-order chi connectivity index (χ0) is 13.5. The molecule has 1 aliphatic rings. The Morgan fingerprint density at radius 2 is 2.26 bits per heavy atom. The number of nitrogens with one attached hydrogen (secondary N) is 2. The summed E-state index contributed by atoms with van der Waals surface area (Å²) in [6.07, 6.45) is 4.44. The molecule has 1 aromatic rings. The van der Waals surface area contributed by atoms with Crippen molar-refractivity contribution in [2.45, 2.75) is 39.2 Å². The van der Waals surface area contributed by atoms with Crippen LogP contribution in [0.4, 0.5) is 5.69 Å². The van der Waals surface area contributed by atoms with Gasteiger partial charge in [0.1, 0.15) is 0 Å². The van der Waals surface area contributed by atoms with Gasteiger partial charge in [0.2, 0.25) is 0 Å². The monoisotopic (exact) mass is 262 g/mol. The summed E-state index contributed by atoms with van der Waals surface area (Å²) in [5, 5.41) is 16.1. The number of benzene rings is 1. The van der Waals surface area contributed by atoms with Gasteiger partial charge in [-0.25, -0.2) is 0 Å². The van der Waals surface area contributed by atoms with Gasteiger partial charge in [-0.3, -0.25) is 0 Å². The minimum Gasteiger partial charge on any atom is -0.396 e. The lowest BCUT2D eigenvalue weighted by Crippen LogP contribution is -2.23. The molecule has 0 fully saturated rings. The third-order valence-electron chi connectivity index (χ3n) is 3.92. The number of hydrogen-bond donors (Lipinski definition) is 3. The van der Waals surface area contributed by atoms with Gasteiger partial charge in [0.15, 0.2) is 0 Å². The molecule has 1 aliphatic heterocycles. The number of aliphatic hydroxyl groups is 1. The van der Waals surface area contributed by atoms with Crippen LogP contribution in [0, 0.1) is 5.92 Å². The van der Waals surface area contributed by atoms with Crippen molar-refractivity contribution in [1.29, 1.82) is 0 Å². The Morgan fingerprint density at radius 3 is 3.05 bits per heavy atom. The molecular formula is C16H26N2O. The first-order valence-corrected chi connectivity index (χ1v) is 7.51. The Labute approximate surface area is 116 Å². The Morgan fingerprint density at radius 1 is 1.37 bits per heavy atom. The summed E-state index contributed by atoms with van der Waals surface area (Å²) in [5.41, 5.74) is 4.15. The molecule has 0 aromatic heterocycles. The van der Waals surface area contributed by atoms with Crippen molar-refractivity contribution in [3.05, 3.63) is 29.3 Å². The van der Waals surface area contributed by atoms with Crippen LogP contribution < -0.4 is 10.6 Å². The van der Waals surface area contributed by atoms with E-state index in [9.17, 15) is 0 Å². The van der Waals surface area contributed by atoms with Crippen LogP contribution in [0.5, 0.6) is 0 Å². The van der Waals surface area contributed by atoms with E-state index in [1.807, 2.05) is 0 Å². The summed E-state index contributed by atoms with van der Waals surface area (Å²) in [5.74, 6) is 0.597. The third kappa shape index (κ3) is 3.95. The summed E-state index contributed by atoms with van der Waals surface area (Å²) >= 11 is 0. The van der Waals surface area contributed by atoms with Crippen LogP contribution >= 0.6 is 0 Å². The van der Waals surface area contributed by atoms with E-state index < -0.39 is 0 Å². The quantitative estimate of drug-likeness (QED) is 0.674. The van der Waals surface area contributed by atoms with E-state index in [0.29, 0.717) is 12.5 Å². The van der Waals surface area contributed by atoms with Crippen molar-refractivity contribution in [3.63, 3.8) is 0 Å². The molecule has 0 spiro atoms. The summed E-state index contributed by atoms with van der Waals surface area (Å²) in [6.45, 7) is 5.49. The molecule has 0 aliphatic carbocycles. The maximum Gasteiger partial charge on any atom is 0.0434 e. The second-order valence-corrected chi connectivity index (χ2v) is 5.43. The fourth-order valence-electron chi connectivity index (χ4n) is 2.91. The Kier molecular flexibility index (Phi) is 5.67. The summed E-state index contributed by atoms with van der Waals surface area (Å²) in [4.78, 5) is 0. The smallest absolute Gasteiger partial charge is 0.0434 e. The molecule has 2 rings (SSSR count). The van der Waals surface area contributed by atoms with E-state index >= 15 is 0 Å². The summed E-state index contributed by atoms with van der Waals surface area (Å²) in [7, 11) is 0. The first-order valence-electron chi connectivity index (χ1n) is 7.51. The number of para-hydroxylation sites is 1. The lowest BCUT2D eigenvalue weighted by molar-refractivity contribution is 0.248. The molecule has 0 saturated heterocycles. The van der Waals surface area contributed by atoms with Crippen molar-refractivity contribution < 1.29 is 5.11 Å². The first kappa shape index (κ1) is 14.4. The molecule has 1 unspecified atom stereocenters. The second kappa shape index (κ2) is 7.51. The normalized spacial score (nSPS) is 15.1. The van der Waals surface area contributed by atoms with Crippen molar-refractivity contribution in [1.82, 2.24) is 5.32 Å². The molecule has 3 heteroatoms. The number of hydrogen-bond acceptors (Lipinski definition) is 3. The second-order valence-electron chi connectivity index (χ2n) is 5.43. The topological polar surface area (TPSA) is 44.3 Å². The van der Waals surface area contributed by atoms with Crippen LogP contribution in [0.2, 0.25) is 0 Å². The number of fused-ring (bicyclic) bond motifs is 1. The van der Waals surface area contributed by atoms with Gasteiger partial charge in [0.25, 0.3) is 0 Å². The van der Waals surface area contributed by atoms with E-state index in [1.165, 1.54) is 29.7 Å². The van der Waals surface area contributed by atoms with Crippen LogP contribution in [-0.4, -0.2) is 24.8 Å². The molecule has 1 atom stereocenters. The van der Waals surface area contributed by atoms with Crippen LogP contribution in [0.1, 0.15) is 37.3 Å². The van der Waals surface area contributed by atoms with Gasteiger partial charge in [-0.2, -0.15) is 0 Å². The van der Waals surface area contributed by atoms with Gasteiger partial charge in [-0.15, -0.1) is 0 Å². The van der Waals surface area contributed by atoms with Crippen LogP contribution in [-0.2, 0) is 13.0 Å². The molecular weight excluding hydrogens is 236 g/mol. The Bertz CT molecular complexity index is 386. The highest BCUT2D eigenvalue weighted by Crippen LogP contribution is 2.26. The van der Waals surface area contributed by atoms with E-state index in [-0.39, 0.29) is 0 Å². The van der Waals surface area contributed by atoms with E-state index in [4.69, 9.17) is 5.11 Å². The largest absolute Gasteiger partial charge is 0.396 e. The zero-order valence-electron chi connectivity index (χ0n) is 11.9. The Balaban J connectivity index is 1.83. The minimum atomic E-state index is 0.300. The maximum atomic E-state index is 9.07. The first-order chi connectivity index (χ1) is 9.35. The van der Waals surface area contributed by atoms with Crippen LogP contribution in [0.15, 0.2) is 18.2 Å². The average molecular weight is 262 g/mol. The molecule has 0 amide bonds. The zero-order valence-corrected chi connectivity index (χ0v) is 11.9. The molecule has 1 aromatic carbocycles. The lowest BCUT2D eigenvalue weighted by atomic mass is 10.00. The highest BCUT2D eigenvalue weighted by Gasteiger charge is 2.13. The molecule has 1 heterocycles. The molecule has 3 N–H and O–H groups in total. The highest BCUT2D eigenvalue weighted by molar-refractivity contribution is 5.61. The van der Waals surface area contributed by atoms with Crippen molar-refractivity contribution >= 4 is 5.69 Å². The van der Waals surface area contributed by atoms with Gasteiger partial charge in [0, 0.05) is 25.4 Å². The average Bonchev–Trinajstić information content (AvgIpc) is 2.88. The van der Waals surface area contributed by atoms with Gasteiger partial charge >= 0.3 is 0 Å². The van der Waals surface area contributed by atoms with Gasteiger partial charge in [0.05, 0.1) is 0 Å². The number of aliphatic hydroxyl groups excluding tert-OH is 1. The van der Waals surface area contributed by atoms with E-state index in [2.05, 4.69) is 35.8 Å². The number of rotatable bonds is 8. The van der Waals surface area contributed by atoms with Gasteiger partial charge < -0.3 is 15.7 Å². The maximum absolute atomic E-state index is 9.07. The SMILES string of the molecule is CCCC(CCO)CNCc1cccc2c1NCC2. The van der Waals surface area contributed by atoms with E-state index in [0.717, 1.165) is 32.5 Å². The van der Waals surface area contributed by atoms with Crippen LogP contribution in [0.3, 0.4) is 0 Å². The lowest BCUT2D eigenvalue weighted by Gasteiger charge is -2.16. The van der Waals surface area contributed by atoms with Crippen molar-refractivity contribution in [3.8, 4) is 0 Å². The molecule has 106 valence electrons. The predicted molar refractivity (Wildman–Crippen MR) is 80.4 cm³/mol. The fraction of sp³-hybridized carbons (Fsp3) is 0.625. The Hall–Kier alpha value is -1.06. The molecule has 0 bridgehead atoms. The molecule has 0 radical (unpaired) electrons. The fourth-order valence-corrected chi connectivity index (χ4v) is 2.91. The molecule has 0 saturated carbocycles. The van der Waals surface area contributed by atoms with Crippen molar-refractivity contribution in [2.75, 3.05) is 25.0 Å². The molecule has 19 heavy (non-hydrogen) atoms. The summed E-state index contributed by atoms with van der Waals surface area (Å²) < 4.78 is 0. The predicted octanol–water partition coefficient (Wildman–Crippen LogP) is 2.54. The van der Waals surface area contributed by atoms with Crippen LogP contribution in [0.25, 0.3) is 0 Å². The number of anilines is 1. The highest BCUT2D eigenvalue weighted by atomic mass is 16.3. The van der Waals surface area contributed by atoms with Gasteiger partial charge in [-0.1, -0.05) is 31.5 Å². The van der Waals surface area contributed by atoms with Crippen molar-refractivity contribution in [2.24, 2.45) is 5.92 Å².